The van der Waals surface area contributed by atoms with Crippen LogP contribution in [-0.4, -0.2) is 5.43 Å². The van der Waals surface area contributed by atoms with Crippen molar-refractivity contribution in [1.29, 1.82) is 0 Å². The molecule has 0 atom stereocenters. The van der Waals surface area contributed by atoms with Crippen LogP contribution >= 0.6 is 0 Å². The van der Waals surface area contributed by atoms with Gasteiger partial charge in [0.15, 0.2) is 0 Å². The van der Waals surface area contributed by atoms with Gasteiger partial charge in [-0.1, -0.05) is 60.4 Å². The molecule has 0 heterocycles. The monoisotopic (exact) mass is 680 g/mol. The maximum absolute atomic E-state index is 2.26. The van der Waals surface area contributed by atoms with Crippen LogP contribution in [0, 0.1) is 0 Å². The van der Waals surface area contributed by atoms with Gasteiger partial charge in [0.1, 0.15) is 0 Å². The van der Waals surface area contributed by atoms with Crippen molar-refractivity contribution in [2.75, 3.05) is 0 Å². The maximum atomic E-state index is 2.26. The predicted octanol–water partition coefficient (Wildman–Crippen LogP) is 2.62. The van der Waals surface area contributed by atoms with E-state index < -0.39 is 5.43 Å². The van der Waals surface area contributed by atoms with Crippen LogP contribution in [0.25, 0.3) is 22.3 Å². The molecule has 6 aromatic rings. The van der Waals surface area contributed by atoms with Gasteiger partial charge in [-0.2, -0.15) is 24.3 Å². The molecule has 0 aromatic heterocycles. The Bertz CT molecular complexity index is 1440. The molecule has 0 amide bonds. The number of halogens is 2. The van der Waals surface area contributed by atoms with E-state index in [9.17, 15) is 0 Å². The summed E-state index contributed by atoms with van der Waals surface area (Å²) in [4.78, 5) is 0. The Balaban J connectivity index is 0.000000215. The molecule has 0 unspecified atom stereocenters. The van der Waals surface area contributed by atoms with Crippen LogP contribution in [0.5, 0.6) is 0 Å². The van der Waals surface area contributed by atoms with Gasteiger partial charge in [-0.15, -0.1) is 59.7 Å². The summed E-state index contributed by atoms with van der Waals surface area (Å²) < 4.78 is 0. The molecule has 4 heteroatoms. The van der Waals surface area contributed by atoms with E-state index in [4.69, 9.17) is 0 Å². The number of aryl methyl sites for hydroxylation is 2. The molecule has 0 aliphatic rings. The molecule has 212 valence electrons. The van der Waals surface area contributed by atoms with E-state index in [2.05, 4.69) is 172 Å². The van der Waals surface area contributed by atoms with Crippen molar-refractivity contribution >= 4 is 15.8 Å². The zero-order valence-electron chi connectivity index (χ0n) is 24.2. The molecule has 0 saturated carbocycles. The van der Waals surface area contributed by atoms with Crippen LogP contribution in [0.3, 0.4) is 0 Å². The van der Waals surface area contributed by atoms with Gasteiger partial charge in [0.2, 0.25) is 0 Å². The van der Waals surface area contributed by atoms with E-state index in [1.807, 2.05) is 0 Å². The second kappa shape index (κ2) is 19.4. The molecule has 0 aliphatic carbocycles. The number of hydrogen-bond acceptors (Lipinski definition) is 0. The van der Waals surface area contributed by atoms with Crippen LogP contribution < -0.4 is 35.2 Å². The first-order valence-corrected chi connectivity index (χ1v) is 19.2. The molecule has 0 saturated heterocycles. The summed E-state index contributed by atoms with van der Waals surface area (Å²) in [5.41, 5.74) is 7.63. The second-order valence-corrected chi connectivity index (χ2v) is 15.2. The Morgan fingerprint density at radius 3 is 1.17 bits per heavy atom. The molecule has 6 aromatic carbocycles. The second-order valence-electron chi connectivity index (χ2n) is 9.56. The first-order chi connectivity index (χ1) is 19.7. The van der Waals surface area contributed by atoms with E-state index >= 15 is 0 Å². The van der Waals surface area contributed by atoms with E-state index in [0.717, 1.165) is 12.8 Å². The average molecular weight is 683 g/mol. The third kappa shape index (κ3) is 10.8. The van der Waals surface area contributed by atoms with Crippen molar-refractivity contribution in [2.24, 2.45) is 0 Å². The normalized spacial score (nSPS) is 9.62. The first kappa shape index (κ1) is 35.5. The molecule has 0 bridgehead atoms. The van der Waals surface area contributed by atoms with Gasteiger partial charge in [-0.3, -0.25) is 0 Å². The van der Waals surface area contributed by atoms with Crippen molar-refractivity contribution in [2.45, 2.75) is 26.7 Å². The van der Waals surface area contributed by atoms with E-state index in [0.29, 0.717) is 0 Å². The van der Waals surface area contributed by atoms with Crippen LogP contribution in [0.1, 0.15) is 25.0 Å². The van der Waals surface area contributed by atoms with Crippen molar-refractivity contribution in [3.05, 3.63) is 169 Å². The molecule has 0 spiro atoms. The Hall–Kier alpha value is -2.74. The Kier molecular flexibility index (Phi) is 16.4. The molecule has 0 N–H and O–H groups in total. The third-order valence-corrected chi connectivity index (χ3v) is 12.9. The average Bonchev–Trinajstić information content (AvgIpc) is 3.78. The number of benzene rings is 4. The molecular formula is C38H36Cl2SiZr-2. The van der Waals surface area contributed by atoms with Crippen LogP contribution in [0.15, 0.2) is 158 Å². The number of hydrogen-bond donors (Lipinski definition) is 0. The molecule has 0 aliphatic heterocycles. The molecule has 0 fully saturated rings. The quantitative estimate of drug-likeness (QED) is 0.187. The van der Waals surface area contributed by atoms with Crippen LogP contribution in [-0.2, 0) is 36.2 Å². The van der Waals surface area contributed by atoms with Gasteiger partial charge in [0, 0.05) is 0 Å². The van der Waals surface area contributed by atoms with Crippen molar-refractivity contribution in [3.8, 4) is 22.3 Å². The standard InChI is InChI=1S/2C13H13.C12H10Si.2ClH.Zr/c2*1-2-11-6-5-9-13(10-11)12-7-3-4-8-12;1-3-7-11(8-4-1)13-12-9-5-2-6-10-12;;;/h2*3-10H,2H2,1H3;1-10H;2*1H;/q2*-1;;;;+2/p-2. The first-order valence-electron chi connectivity index (χ1n) is 14.0. The summed E-state index contributed by atoms with van der Waals surface area (Å²) in [5.74, 6) is 0. The van der Waals surface area contributed by atoms with Crippen LogP contribution in [0.2, 0.25) is 0 Å². The third-order valence-electron chi connectivity index (χ3n) is 6.79. The summed E-state index contributed by atoms with van der Waals surface area (Å²) in [5, 5.41) is 3.03. The molecule has 0 nitrogen and oxygen atoms in total. The molecular weight excluding hydrogens is 647 g/mol. The van der Waals surface area contributed by atoms with E-state index in [-0.39, 0.29) is 24.8 Å². The van der Waals surface area contributed by atoms with Crippen molar-refractivity contribution < 1.29 is 48.1 Å². The molecule has 6 rings (SSSR count). The van der Waals surface area contributed by atoms with Gasteiger partial charge in [0.05, 0.1) is 0 Å². The van der Waals surface area contributed by atoms with Gasteiger partial charge >= 0.3 is 99.8 Å². The summed E-state index contributed by atoms with van der Waals surface area (Å²) in [6, 6.07) is 56.0. The Morgan fingerprint density at radius 1 is 0.476 bits per heavy atom. The topological polar surface area (TPSA) is 0 Å². The van der Waals surface area contributed by atoms with Crippen molar-refractivity contribution in [3.63, 3.8) is 0 Å². The van der Waals surface area contributed by atoms with Crippen LogP contribution in [0.4, 0.5) is 0 Å². The Morgan fingerprint density at radius 2 is 0.833 bits per heavy atom. The zero-order chi connectivity index (χ0) is 28.0. The Labute approximate surface area is 279 Å². The summed E-state index contributed by atoms with van der Waals surface area (Å²) in [6.07, 6.45) is 2.21. The summed E-state index contributed by atoms with van der Waals surface area (Å²) in [7, 11) is 0. The summed E-state index contributed by atoms with van der Waals surface area (Å²) in [6.45, 7) is 4.37. The zero-order valence-corrected chi connectivity index (χ0v) is 29.2. The fourth-order valence-electron chi connectivity index (χ4n) is 4.45. The minimum atomic E-state index is -0.455. The number of rotatable bonds is 6. The molecule has 0 radical (unpaired) electrons. The SMILES string of the molecule is CCc1cccc(-[c-]2cccc2)c1.CCc1cccc(-[c-]2cccc2)c1.[Cl-].[Cl-].[Zr+2]=[Si](c1ccccc1)c1ccccc1. The van der Waals surface area contributed by atoms with E-state index in [1.54, 1.807) is 23.3 Å². The van der Waals surface area contributed by atoms with Gasteiger partial charge < -0.3 is 24.8 Å². The predicted molar refractivity (Wildman–Crippen MR) is 172 cm³/mol. The molecule has 42 heavy (non-hydrogen) atoms. The fraction of sp³-hybridized carbons (Fsp3) is 0.105. The van der Waals surface area contributed by atoms with Gasteiger partial charge in [0.25, 0.3) is 0 Å². The van der Waals surface area contributed by atoms with Gasteiger partial charge in [-0.25, -0.2) is 0 Å². The van der Waals surface area contributed by atoms with E-state index in [1.165, 1.54) is 43.8 Å². The van der Waals surface area contributed by atoms with Crippen molar-refractivity contribution in [1.82, 2.24) is 0 Å². The summed E-state index contributed by atoms with van der Waals surface area (Å²) >= 11 is 1.64. The minimum absolute atomic E-state index is 0. The van der Waals surface area contributed by atoms with Gasteiger partial charge in [-0.05, 0) is 12.8 Å². The fourth-order valence-corrected chi connectivity index (χ4v) is 8.29.